The van der Waals surface area contributed by atoms with Gasteiger partial charge in [-0.3, -0.25) is 0 Å². The van der Waals surface area contributed by atoms with Gasteiger partial charge in [0.2, 0.25) is 0 Å². The van der Waals surface area contributed by atoms with Crippen LogP contribution < -0.4 is 0 Å². The molecule has 0 aliphatic heterocycles. The summed E-state index contributed by atoms with van der Waals surface area (Å²) < 4.78 is 1.07. The molecule has 19 heavy (non-hydrogen) atoms. The van der Waals surface area contributed by atoms with Gasteiger partial charge in [0.25, 0.3) is 0 Å². The van der Waals surface area contributed by atoms with E-state index in [1.165, 1.54) is 11.1 Å². The van der Waals surface area contributed by atoms with E-state index in [1.807, 2.05) is 18.2 Å². The molecule has 1 aliphatic rings. The normalized spacial score (nSPS) is 18.0. The highest BCUT2D eigenvalue weighted by Gasteiger charge is 2.49. The molecular weight excluding hydrogens is 300 g/mol. The molecule has 0 aromatic heterocycles. The number of rotatable bonds is 4. The Bertz CT molecular complexity index is 560. The second-order valence-corrected chi connectivity index (χ2v) is 6.29. The minimum Gasteiger partial charge on any atom is -0.392 e. The minimum absolute atomic E-state index is 0.0103. The molecule has 3 rings (SSSR count). The second kappa shape index (κ2) is 5.10. The zero-order valence-electron chi connectivity index (χ0n) is 10.7. The first-order chi connectivity index (χ1) is 9.21. The van der Waals surface area contributed by atoms with Gasteiger partial charge in [0.05, 0.1) is 6.10 Å². The van der Waals surface area contributed by atoms with Crippen molar-refractivity contribution in [3.63, 3.8) is 0 Å². The summed E-state index contributed by atoms with van der Waals surface area (Å²) in [4.78, 5) is 0. The van der Waals surface area contributed by atoms with Crippen LogP contribution in [0.25, 0.3) is 0 Å². The van der Waals surface area contributed by atoms with Crippen molar-refractivity contribution in [3.8, 4) is 0 Å². The molecule has 0 amide bonds. The summed E-state index contributed by atoms with van der Waals surface area (Å²) in [7, 11) is 0. The van der Waals surface area contributed by atoms with Gasteiger partial charge in [-0.05, 0) is 42.5 Å². The third-order valence-corrected chi connectivity index (χ3v) is 4.59. The van der Waals surface area contributed by atoms with E-state index in [9.17, 15) is 5.11 Å². The lowest BCUT2D eigenvalue weighted by atomic mass is 9.86. The van der Waals surface area contributed by atoms with Crippen molar-refractivity contribution in [1.29, 1.82) is 0 Å². The summed E-state index contributed by atoms with van der Waals surface area (Å²) in [5, 5.41) is 10.6. The first kappa shape index (κ1) is 12.9. The Morgan fingerprint density at radius 3 is 2.42 bits per heavy atom. The van der Waals surface area contributed by atoms with Crippen LogP contribution in [0.5, 0.6) is 0 Å². The van der Waals surface area contributed by atoms with Crippen LogP contribution in [-0.4, -0.2) is 11.2 Å². The quantitative estimate of drug-likeness (QED) is 0.901. The molecule has 1 N–H and O–H groups in total. The van der Waals surface area contributed by atoms with E-state index in [4.69, 9.17) is 0 Å². The zero-order valence-corrected chi connectivity index (χ0v) is 12.3. The van der Waals surface area contributed by atoms with Crippen molar-refractivity contribution in [2.45, 2.75) is 30.8 Å². The molecule has 0 saturated heterocycles. The maximum atomic E-state index is 10.6. The maximum absolute atomic E-state index is 10.6. The highest BCUT2D eigenvalue weighted by atomic mass is 79.9. The predicted octanol–water partition coefficient (Wildman–Crippen LogP) is 4.08. The molecule has 0 heterocycles. The Morgan fingerprint density at radius 1 is 1.05 bits per heavy atom. The molecule has 0 bridgehead atoms. The third kappa shape index (κ3) is 2.60. The summed E-state index contributed by atoms with van der Waals surface area (Å²) in [6.07, 6.45) is 2.59. The first-order valence-corrected chi connectivity index (χ1v) is 7.48. The van der Waals surface area contributed by atoms with Gasteiger partial charge in [-0.25, -0.2) is 0 Å². The van der Waals surface area contributed by atoms with E-state index >= 15 is 0 Å². The van der Waals surface area contributed by atoms with Gasteiger partial charge in [-0.1, -0.05) is 58.4 Å². The van der Waals surface area contributed by atoms with Gasteiger partial charge in [-0.15, -0.1) is 0 Å². The van der Waals surface area contributed by atoms with E-state index in [-0.39, 0.29) is 11.5 Å². The number of hydrogen-bond acceptors (Lipinski definition) is 1. The maximum Gasteiger partial charge on any atom is 0.0677 e. The molecule has 1 saturated carbocycles. The van der Waals surface area contributed by atoms with Crippen LogP contribution in [0.1, 0.15) is 24.0 Å². The smallest absolute Gasteiger partial charge is 0.0677 e. The molecule has 2 aromatic rings. The van der Waals surface area contributed by atoms with Gasteiger partial charge in [0, 0.05) is 9.89 Å². The Hall–Kier alpha value is -1.12. The van der Waals surface area contributed by atoms with Crippen molar-refractivity contribution < 1.29 is 5.11 Å². The van der Waals surface area contributed by atoms with E-state index in [1.54, 1.807) is 0 Å². The fourth-order valence-electron chi connectivity index (χ4n) is 2.80. The molecule has 2 heteroatoms. The molecule has 0 spiro atoms. The van der Waals surface area contributed by atoms with E-state index in [0.29, 0.717) is 6.42 Å². The van der Waals surface area contributed by atoms with Crippen LogP contribution in [0.4, 0.5) is 0 Å². The highest BCUT2D eigenvalue weighted by Crippen LogP contribution is 2.51. The third-order valence-electron chi connectivity index (χ3n) is 4.09. The Labute approximate surface area is 122 Å². The van der Waals surface area contributed by atoms with Crippen LogP contribution >= 0.6 is 15.9 Å². The van der Waals surface area contributed by atoms with Crippen molar-refractivity contribution in [2.75, 3.05) is 0 Å². The molecule has 2 aromatic carbocycles. The lowest BCUT2D eigenvalue weighted by molar-refractivity contribution is 0.131. The van der Waals surface area contributed by atoms with Crippen LogP contribution in [0.2, 0.25) is 0 Å². The number of halogens is 1. The van der Waals surface area contributed by atoms with E-state index in [0.717, 1.165) is 17.3 Å². The zero-order chi connectivity index (χ0) is 13.3. The average molecular weight is 317 g/mol. The summed E-state index contributed by atoms with van der Waals surface area (Å²) in [6.45, 7) is 0. The Morgan fingerprint density at radius 2 is 1.79 bits per heavy atom. The molecule has 1 nitrogen and oxygen atoms in total. The topological polar surface area (TPSA) is 20.2 Å². The molecule has 1 unspecified atom stereocenters. The molecule has 98 valence electrons. The average Bonchev–Trinajstić information content (AvgIpc) is 3.21. The van der Waals surface area contributed by atoms with Gasteiger partial charge < -0.3 is 5.11 Å². The van der Waals surface area contributed by atoms with E-state index < -0.39 is 0 Å². The minimum atomic E-state index is -0.302. The van der Waals surface area contributed by atoms with E-state index in [2.05, 4.69) is 52.3 Å². The fourth-order valence-corrected chi connectivity index (χ4v) is 3.25. The number of aliphatic hydroxyl groups excluding tert-OH is 1. The lowest BCUT2D eigenvalue weighted by Crippen LogP contribution is -2.28. The Kier molecular flexibility index (Phi) is 3.46. The largest absolute Gasteiger partial charge is 0.392 e. The number of hydrogen-bond donors (Lipinski definition) is 1. The predicted molar refractivity (Wildman–Crippen MR) is 81.2 cm³/mol. The van der Waals surface area contributed by atoms with Crippen molar-refractivity contribution in [3.05, 3.63) is 70.2 Å². The molecule has 1 atom stereocenters. The Balaban J connectivity index is 1.79. The highest BCUT2D eigenvalue weighted by molar-refractivity contribution is 9.10. The monoisotopic (exact) mass is 316 g/mol. The van der Waals surface area contributed by atoms with Gasteiger partial charge in [0.1, 0.15) is 0 Å². The number of benzene rings is 2. The summed E-state index contributed by atoms with van der Waals surface area (Å²) in [5.41, 5.74) is 2.45. The summed E-state index contributed by atoms with van der Waals surface area (Å²) in [6, 6.07) is 18.6. The van der Waals surface area contributed by atoms with Crippen molar-refractivity contribution in [1.82, 2.24) is 0 Å². The number of aliphatic hydroxyl groups is 1. The van der Waals surface area contributed by atoms with Gasteiger partial charge >= 0.3 is 0 Å². The summed E-state index contributed by atoms with van der Waals surface area (Å²) >= 11 is 3.48. The van der Waals surface area contributed by atoms with Crippen LogP contribution in [0, 0.1) is 0 Å². The van der Waals surface area contributed by atoms with Crippen LogP contribution in [-0.2, 0) is 11.8 Å². The second-order valence-electron chi connectivity index (χ2n) is 5.37. The SMILES string of the molecule is OC(Cc1cccc(Br)c1)C1(c2ccccc2)CC1. The van der Waals surface area contributed by atoms with Crippen molar-refractivity contribution >= 4 is 15.9 Å². The van der Waals surface area contributed by atoms with Crippen molar-refractivity contribution in [2.24, 2.45) is 0 Å². The van der Waals surface area contributed by atoms with Crippen LogP contribution in [0.15, 0.2) is 59.1 Å². The van der Waals surface area contributed by atoms with Gasteiger partial charge in [-0.2, -0.15) is 0 Å². The molecule has 1 aliphatic carbocycles. The molecule has 0 radical (unpaired) electrons. The standard InChI is InChI=1S/C17H17BrO/c18-15-8-4-5-13(11-15)12-16(19)17(9-10-17)14-6-2-1-3-7-14/h1-8,11,16,19H,9-10,12H2. The first-order valence-electron chi connectivity index (χ1n) is 6.69. The lowest BCUT2D eigenvalue weighted by Gasteiger charge is -2.23. The van der Waals surface area contributed by atoms with Gasteiger partial charge in [0.15, 0.2) is 0 Å². The fraction of sp³-hybridized carbons (Fsp3) is 0.294. The summed E-state index contributed by atoms with van der Waals surface area (Å²) in [5.74, 6) is 0. The molecule has 1 fully saturated rings. The van der Waals surface area contributed by atoms with Crippen LogP contribution in [0.3, 0.4) is 0 Å². The molecular formula is C17H17BrO.